The van der Waals surface area contributed by atoms with Gasteiger partial charge >= 0.3 is 0 Å². The first-order valence-electron chi connectivity index (χ1n) is 8.31. The molecule has 3 nitrogen and oxygen atoms in total. The molecular formula is C22H19N2O+. The molecule has 0 bridgehead atoms. The lowest BCUT2D eigenvalue weighted by molar-refractivity contribution is -0.660. The largest absolute Gasteiger partial charge is 0.466 e. The molecule has 0 aliphatic heterocycles. The molecule has 2 aromatic carbocycles. The number of hydrogen-bond donors (Lipinski definition) is 0. The Bertz CT molecular complexity index is 1190. The van der Waals surface area contributed by atoms with E-state index in [1.54, 1.807) is 0 Å². The molecule has 122 valence electrons. The van der Waals surface area contributed by atoms with Crippen molar-refractivity contribution in [1.29, 1.82) is 0 Å². The van der Waals surface area contributed by atoms with Crippen LogP contribution in [0.25, 0.3) is 38.0 Å². The fourth-order valence-electron chi connectivity index (χ4n) is 3.57. The molecule has 0 N–H and O–H groups in total. The Hall–Kier alpha value is -3.12. The van der Waals surface area contributed by atoms with Gasteiger partial charge in [0.05, 0.1) is 12.1 Å². The fourth-order valence-corrected chi connectivity index (χ4v) is 3.57. The van der Waals surface area contributed by atoms with Gasteiger partial charge in [-0.2, -0.15) is 0 Å². The van der Waals surface area contributed by atoms with Crippen molar-refractivity contribution in [1.82, 2.24) is 0 Å². The quantitative estimate of drug-likeness (QED) is 0.331. The number of fused-ring (bicyclic) bond motifs is 3. The minimum Gasteiger partial charge on any atom is -0.466 e. The lowest BCUT2D eigenvalue weighted by Crippen LogP contribution is -2.30. The van der Waals surface area contributed by atoms with Crippen LogP contribution in [0.15, 0.2) is 47.0 Å². The third-order valence-electron chi connectivity index (χ3n) is 5.05. The van der Waals surface area contributed by atoms with Crippen LogP contribution in [0.3, 0.4) is 0 Å². The molecule has 2 aromatic heterocycles. The maximum atomic E-state index is 7.52. The summed E-state index contributed by atoms with van der Waals surface area (Å²) in [5.41, 5.74) is 7.77. The van der Waals surface area contributed by atoms with Crippen LogP contribution in [-0.2, 0) is 7.05 Å². The van der Waals surface area contributed by atoms with Gasteiger partial charge in [0, 0.05) is 22.9 Å². The average Bonchev–Trinajstić information content (AvgIpc) is 2.99. The maximum Gasteiger partial charge on any atom is 0.229 e. The summed E-state index contributed by atoms with van der Waals surface area (Å²) in [6, 6.07) is 12.3. The second kappa shape index (κ2) is 5.46. The zero-order valence-electron chi connectivity index (χ0n) is 14.8. The maximum absolute atomic E-state index is 7.52. The SMILES string of the molecule is [C-]#[N+]c1cc(C)c(C)c2c1oc1c(-c3cccc[n+]3C)c(C)ccc12. The monoisotopic (exact) mass is 327 g/mol. The fraction of sp³-hybridized carbons (Fsp3) is 0.182. The third-order valence-corrected chi connectivity index (χ3v) is 5.05. The van der Waals surface area contributed by atoms with Gasteiger partial charge in [-0.25, -0.2) is 9.41 Å². The van der Waals surface area contributed by atoms with Crippen LogP contribution in [0.5, 0.6) is 0 Å². The second-order valence-corrected chi connectivity index (χ2v) is 6.59. The van der Waals surface area contributed by atoms with E-state index < -0.39 is 0 Å². The summed E-state index contributed by atoms with van der Waals surface area (Å²) in [5.74, 6) is 0. The number of aromatic nitrogens is 1. The minimum absolute atomic E-state index is 0.579. The van der Waals surface area contributed by atoms with Gasteiger partial charge in [-0.15, -0.1) is 0 Å². The number of nitrogens with zero attached hydrogens (tertiary/aromatic N) is 2. The molecule has 4 aromatic rings. The van der Waals surface area contributed by atoms with Crippen LogP contribution in [-0.4, -0.2) is 0 Å². The van der Waals surface area contributed by atoms with E-state index in [1.807, 2.05) is 31.4 Å². The van der Waals surface area contributed by atoms with Crippen LogP contribution < -0.4 is 4.57 Å². The van der Waals surface area contributed by atoms with E-state index in [0.29, 0.717) is 11.3 Å². The van der Waals surface area contributed by atoms with E-state index in [1.165, 1.54) is 5.56 Å². The van der Waals surface area contributed by atoms with Crippen molar-refractivity contribution in [3.63, 3.8) is 0 Å². The first kappa shape index (κ1) is 15.4. The molecule has 0 aliphatic carbocycles. The molecule has 2 heterocycles. The van der Waals surface area contributed by atoms with Crippen molar-refractivity contribution in [2.24, 2.45) is 7.05 Å². The molecule has 0 spiro atoms. The molecule has 25 heavy (non-hydrogen) atoms. The Labute approximate surface area is 147 Å². The number of benzene rings is 2. The molecule has 0 fully saturated rings. The van der Waals surface area contributed by atoms with Crippen molar-refractivity contribution in [2.75, 3.05) is 0 Å². The first-order chi connectivity index (χ1) is 12.0. The highest BCUT2D eigenvalue weighted by Crippen LogP contribution is 2.42. The number of furan rings is 1. The van der Waals surface area contributed by atoms with Crippen molar-refractivity contribution < 1.29 is 8.98 Å². The van der Waals surface area contributed by atoms with Gasteiger partial charge in [0.25, 0.3) is 0 Å². The summed E-state index contributed by atoms with van der Waals surface area (Å²) in [6.07, 6.45) is 2.04. The van der Waals surface area contributed by atoms with Gasteiger partial charge < -0.3 is 4.42 Å². The van der Waals surface area contributed by atoms with E-state index in [4.69, 9.17) is 11.0 Å². The van der Waals surface area contributed by atoms with Gasteiger partial charge in [-0.3, -0.25) is 0 Å². The summed E-state index contributed by atoms with van der Waals surface area (Å²) >= 11 is 0. The van der Waals surface area contributed by atoms with Crippen molar-refractivity contribution in [3.05, 3.63) is 70.7 Å². The molecule has 0 saturated carbocycles. The predicted octanol–water partition coefficient (Wildman–Crippen LogP) is 5.55. The molecule has 0 aliphatic rings. The van der Waals surface area contributed by atoms with E-state index in [-0.39, 0.29) is 0 Å². The van der Waals surface area contributed by atoms with Gasteiger partial charge in [0.1, 0.15) is 18.2 Å². The molecule has 0 saturated heterocycles. The van der Waals surface area contributed by atoms with Crippen molar-refractivity contribution in [3.8, 4) is 11.3 Å². The summed E-state index contributed by atoms with van der Waals surface area (Å²) in [4.78, 5) is 3.69. The lowest BCUT2D eigenvalue weighted by atomic mass is 9.97. The van der Waals surface area contributed by atoms with Crippen molar-refractivity contribution in [2.45, 2.75) is 20.8 Å². The highest BCUT2D eigenvalue weighted by atomic mass is 16.3. The number of rotatable bonds is 1. The zero-order chi connectivity index (χ0) is 17.7. The Morgan fingerprint density at radius 3 is 2.52 bits per heavy atom. The predicted molar refractivity (Wildman–Crippen MR) is 101 cm³/mol. The number of pyridine rings is 1. The molecular weight excluding hydrogens is 308 g/mol. The summed E-state index contributed by atoms with van der Waals surface area (Å²) in [6.45, 7) is 13.8. The molecule has 0 unspecified atom stereocenters. The smallest absolute Gasteiger partial charge is 0.229 e. The Balaban J connectivity index is 2.24. The van der Waals surface area contributed by atoms with E-state index in [9.17, 15) is 0 Å². The van der Waals surface area contributed by atoms with Gasteiger partial charge in [0.15, 0.2) is 6.20 Å². The normalized spacial score (nSPS) is 11.2. The van der Waals surface area contributed by atoms with Crippen LogP contribution in [0.1, 0.15) is 16.7 Å². The second-order valence-electron chi connectivity index (χ2n) is 6.59. The minimum atomic E-state index is 0.579. The molecule has 0 amide bonds. The zero-order valence-corrected chi connectivity index (χ0v) is 14.8. The third kappa shape index (κ3) is 2.15. The highest BCUT2D eigenvalue weighted by molar-refractivity contribution is 6.14. The van der Waals surface area contributed by atoms with Crippen LogP contribution in [0.2, 0.25) is 0 Å². The van der Waals surface area contributed by atoms with Gasteiger partial charge in [0.2, 0.25) is 11.4 Å². The van der Waals surface area contributed by atoms with E-state index in [2.05, 4.69) is 48.4 Å². The Kier molecular flexibility index (Phi) is 3.36. The average molecular weight is 327 g/mol. The lowest BCUT2D eigenvalue weighted by Gasteiger charge is -2.05. The first-order valence-corrected chi connectivity index (χ1v) is 8.31. The van der Waals surface area contributed by atoms with E-state index >= 15 is 0 Å². The van der Waals surface area contributed by atoms with Crippen LogP contribution >= 0.6 is 0 Å². The van der Waals surface area contributed by atoms with Crippen molar-refractivity contribution >= 4 is 27.6 Å². The summed E-state index contributed by atoms with van der Waals surface area (Å²) in [5, 5.41) is 2.13. The molecule has 0 atom stereocenters. The molecule has 3 heteroatoms. The van der Waals surface area contributed by atoms with Crippen LogP contribution in [0.4, 0.5) is 5.69 Å². The number of aryl methyl sites for hydroxylation is 4. The van der Waals surface area contributed by atoms with Gasteiger partial charge in [-0.05, 0) is 44.0 Å². The summed E-state index contributed by atoms with van der Waals surface area (Å²) in [7, 11) is 2.04. The standard InChI is InChI=1S/C22H19N2O/c1-13-9-10-16-20-15(3)14(2)12-17(23-4)22(20)25-21(16)19(13)18-8-6-7-11-24(18)5/h6-12H,1-3,5H3/q+1. The number of hydrogen-bond acceptors (Lipinski definition) is 1. The van der Waals surface area contributed by atoms with Gasteiger partial charge in [-0.1, -0.05) is 17.7 Å². The highest BCUT2D eigenvalue weighted by Gasteiger charge is 2.22. The molecule has 0 radical (unpaired) electrons. The van der Waals surface area contributed by atoms with Crippen LogP contribution in [0, 0.1) is 27.3 Å². The topological polar surface area (TPSA) is 21.4 Å². The van der Waals surface area contributed by atoms with E-state index in [0.717, 1.165) is 38.7 Å². The Morgan fingerprint density at radius 2 is 1.80 bits per heavy atom. The Morgan fingerprint density at radius 1 is 1.00 bits per heavy atom. The summed E-state index contributed by atoms with van der Waals surface area (Å²) < 4.78 is 8.40. The molecule has 4 rings (SSSR count).